The molecular formula is C30H41N9O3. The second-order valence-corrected chi connectivity index (χ2v) is 11.6. The van der Waals surface area contributed by atoms with Gasteiger partial charge in [0.05, 0.1) is 0 Å². The highest BCUT2D eigenvalue weighted by molar-refractivity contribution is 5.97. The predicted molar refractivity (Wildman–Crippen MR) is 162 cm³/mol. The van der Waals surface area contributed by atoms with Crippen molar-refractivity contribution < 1.29 is 13.9 Å². The van der Waals surface area contributed by atoms with E-state index in [0.29, 0.717) is 42.3 Å². The summed E-state index contributed by atoms with van der Waals surface area (Å²) in [6.07, 6.45) is 6.85. The average Bonchev–Trinajstić information content (AvgIpc) is 3.53. The molecule has 42 heavy (non-hydrogen) atoms. The highest BCUT2D eigenvalue weighted by atomic mass is 16.5. The zero-order chi connectivity index (χ0) is 29.1. The van der Waals surface area contributed by atoms with E-state index in [2.05, 4.69) is 61.4 Å². The predicted octanol–water partition coefficient (Wildman–Crippen LogP) is 3.09. The van der Waals surface area contributed by atoms with Gasteiger partial charge >= 0.3 is 0 Å². The summed E-state index contributed by atoms with van der Waals surface area (Å²) in [7, 11) is 2.21. The first-order valence-corrected chi connectivity index (χ1v) is 14.9. The number of benzene rings is 1. The van der Waals surface area contributed by atoms with E-state index in [1.54, 1.807) is 0 Å². The van der Waals surface area contributed by atoms with E-state index >= 15 is 0 Å². The summed E-state index contributed by atoms with van der Waals surface area (Å²) >= 11 is 0. The zero-order valence-electron chi connectivity index (χ0n) is 24.5. The van der Waals surface area contributed by atoms with Gasteiger partial charge in [0.1, 0.15) is 17.7 Å². The molecule has 3 saturated heterocycles. The maximum Gasteiger partial charge on any atom is 0.271 e. The smallest absolute Gasteiger partial charge is 0.271 e. The molecule has 0 unspecified atom stereocenters. The lowest BCUT2D eigenvalue weighted by Gasteiger charge is -2.43. The Morgan fingerprint density at radius 1 is 1.00 bits per heavy atom. The molecule has 12 heteroatoms. The van der Waals surface area contributed by atoms with Crippen LogP contribution in [0.15, 0.2) is 35.3 Å². The number of ether oxygens (including phenoxy) is 1. The minimum Gasteiger partial charge on any atom is -0.451 e. The topological polar surface area (TPSA) is 138 Å². The molecule has 0 saturated carbocycles. The van der Waals surface area contributed by atoms with E-state index in [-0.39, 0.29) is 11.7 Å². The molecule has 12 nitrogen and oxygen atoms in total. The Labute approximate surface area is 246 Å². The number of piperazine rings is 1. The van der Waals surface area contributed by atoms with Gasteiger partial charge in [-0.05, 0) is 63.4 Å². The fourth-order valence-electron chi connectivity index (χ4n) is 6.22. The first-order chi connectivity index (χ1) is 20.4. The van der Waals surface area contributed by atoms with E-state index < -0.39 is 5.91 Å². The normalized spacial score (nSPS) is 19.6. The van der Waals surface area contributed by atoms with Gasteiger partial charge < -0.3 is 35.3 Å². The van der Waals surface area contributed by atoms with Crippen molar-refractivity contribution in [2.45, 2.75) is 44.7 Å². The Balaban J connectivity index is 1.20. The summed E-state index contributed by atoms with van der Waals surface area (Å²) in [4.78, 5) is 33.7. The van der Waals surface area contributed by atoms with Gasteiger partial charge in [-0.3, -0.25) is 9.69 Å². The monoisotopic (exact) mass is 575 g/mol. The van der Waals surface area contributed by atoms with Gasteiger partial charge in [0.15, 0.2) is 23.7 Å². The minimum absolute atomic E-state index is 0.0400. The second-order valence-electron chi connectivity index (χ2n) is 11.6. The largest absolute Gasteiger partial charge is 0.451 e. The summed E-state index contributed by atoms with van der Waals surface area (Å²) < 4.78 is 10.7. The number of carbonyl (C=O) groups excluding carboxylic acids is 1. The number of primary amides is 1. The Morgan fingerprint density at radius 2 is 1.76 bits per heavy atom. The molecule has 3 aromatic rings. The third-order valence-corrected chi connectivity index (χ3v) is 8.69. The first kappa shape index (κ1) is 28.4. The van der Waals surface area contributed by atoms with Crippen molar-refractivity contribution >= 4 is 28.9 Å². The van der Waals surface area contributed by atoms with Crippen molar-refractivity contribution in [3.63, 3.8) is 0 Å². The lowest BCUT2D eigenvalue weighted by Crippen LogP contribution is -2.52. The SMILES string of the molecule is Cc1cc(Nc2nc(NC3CCOCC3)c(-c3cocn3)nc2C(N)=O)ccc1N1CCC(N2CCN(C)CC2)CC1. The van der Waals surface area contributed by atoms with Crippen molar-refractivity contribution in [2.24, 2.45) is 5.73 Å². The molecule has 3 fully saturated rings. The number of anilines is 4. The van der Waals surface area contributed by atoms with E-state index in [1.165, 1.54) is 44.3 Å². The molecule has 3 aliphatic rings. The number of aromatic nitrogens is 3. The number of nitrogens with zero attached hydrogens (tertiary/aromatic N) is 6. The van der Waals surface area contributed by atoms with Gasteiger partial charge in [-0.2, -0.15) is 0 Å². The van der Waals surface area contributed by atoms with E-state index in [4.69, 9.17) is 19.9 Å². The Morgan fingerprint density at radius 3 is 2.43 bits per heavy atom. The van der Waals surface area contributed by atoms with Crippen LogP contribution in [0.25, 0.3) is 11.4 Å². The lowest BCUT2D eigenvalue weighted by atomic mass is 10.0. The molecule has 0 atom stereocenters. The number of hydrogen-bond acceptors (Lipinski definition) is 11. The van der Waals surface area contributed by atoms with Gasteiger partial charge in [-0.1, -0.05) is 0 Å². The molecule has 2 aromatic heterocycles. The van der Waals surface area contributed by atoms with E-state index in [9.17, 15) is 4.79 Å². The van der Waals surface area contributed by atoms with Gasteiger partial charge in [-0.15, -0.1) is 0 Å². The molecule has 3 aliphatic heterocycles. The van der Waals surface area contributed by atoms with Crippen LogP contribution >= 0.6 is 0 Å². The Hall–Kier alpha value is -3.74. The maximum atomic E-state index is 12.5. The number of oxazole rings is 1. The quantitative estimate of drug-likeness (QED) is 0.365. The highest BCUT2D eigenvalue weighted by Gasteiger charge is 2.28. The minimum atomic E-state index is -0.677. The van der Waals surface area contributed by atoms with Crippen LogP contribution in [0.3, 0.4) is 0 Å². The fourth-order valence-corrected chi connectivity index (χ4v) is 6.22. The molecule has 5 heterocycles. The van der Waals surface area contributed by atoms with Crippen molar-refractivity contribution in [1.29, 1.82) is 0 Å². The average molecular weight is 576 g/mol. The molecule has 0 radical (unpaired) electrons. The number of piperidine rings is 1. The Kier molecular flexibility index (Phi) is 8.54. The summed E-state index contributed by atoms with van der Waals surface area (Å²) in [5, 5.41) is 6.80. The first-order valence-electron chi connectivity index (χ1n) is 14.9. The van der Waals surface area contributed by atoms with Crippen LogP contribution in [0, 0.1) is 6.92 Å². The lowest BCUT2D eigenvalue weighted by molar-refractivity contribution is 0.0904. The number of nitrogens with one attached hydrogen (secondary N) is 2. The van der Waals surface area contributed by atoms with Gasteiger partial charge in [-0.25, -0.2) is 15.0 Å². The van der Waals surface area contributed by atoms with Crippen LogP contribution in [-0.4, -0.2) is 102 Å². The van der Waals surface area contributed by atoms with Crippen molar-refractivity contribution in [1.82, 2.24) is 24.8 Å². The van der Waals surface area contributed by atoms with Gasteiger partial charge in [0.2, 0.25) is 0 Å². The molecule has 6 rings (SSSR count). The molecule has 4 N–H and O–H groups in total. The summed E-state index contributed by atoms with van der Waals surface area (Å²) in [5.74, 6) is 0.133. The van der Waals surface area contributed by atoms with Crippen LogP contribution in [0.5, 0.6) is 0 Å². The van der Waals surface area contributed by atoms with Crippen molar-refractivity contribution in [2.75, 3.05) is 75.1 Å². The highest BCUT2D eigenvalue weighted by Crippen LogP contribution is 2.32. The van der Waals surface area contributed by atoms with Crippen molar-refractivity contribution in [3.05, 3.63) is 42.1 Å². The third kappa shape index (κ3) is 6.35. The number of nitrogens with two attached hydrogens (primary N) is 1. The van der Waals surface area contributed by atoms with Crippen LogP contribution < -0.4 is 21.3 Å². The zero-order valence-corrected chi connectivity index (χ0v) is 24.5. The molecule has 224 valence electrons. The third-order valence-electron chi connectivity index (χ3n) is 8.69. The van der Waals surface area contributed by atoms with Crippen LogP contribution in [0.4, 0.5) is 23.0 Å². The van der Waals surface area contributed by atoms with Crippen LogP contribution in [0.1, 0.15) is 41.7 Å². The second kappa shape index (κ2) is 12.6. The number of rotatable bonds is 8. The van der Waals surface area contributed by atoms with E-state index in [1.807, 2.05) is 6.07 Å². The van der Waals surface area contributed by atoms with Gasteiger partial charge in [0, 0.05) is 75.9 Å². The number of carbonyl (C=O) groups is 1. The molecule has 0 aliphatic carbocycles. The molecule has 1 amide bonds. The molecule has 0 spiro atoms. The van der Waals surface area contributed by atoms with Crippen LogP contribution in [0.2, 0.25) is 0 Å². The summed E-state index contributed by atoms with van der Waals surface area (Å²) in [5.41, 5.74) is 9.91. The number of hydrogen-bond donors (Lipinski definition) is 3. The van der Waals surface area contributed by atoms with Crippen molar-refractivity contribution in [3.8, 4) is 11.4 Å². The number of likely N-dealkylation sites (N-methyl/N-ethyl adjacent to an activating group) is 1. The maximum absolute atomic E-state index is 12.5. The summed E-state index contributed by atoms with van der Waals surface area (Å²) in [6, 6.07) is 7.10. The number of aryl methyl sites for hydroxylation is 1. The summed E-state index contributed by atoms with van der Waals surface area (Å²) in [6.45, 7) is 10.2. The molecule has 1 aromatic carbocycles. The van der Waals surface area contributed by atoms with Crippen LogP contribution in [-0.2, 0) is 4.74 Å². The standard InChI is InChI=1S/C30H41N9O3/c1-20-17-22(3-4-25(20)39-9-5-23(6-10-39)38-13-11-37(2)12-14-38)34-30-27(28(31)40)35-26(24-18-42-19-32-24)29(36-30)33-21-7-15-41-16-8-21/h3-4,17-19,21,23H,5-16H2,1-2H3,(H2,31,40)(H2,33,34,36). The molecule has 0 bridgehead atoms. The number of amides is 1. The van der Waals surface area contributed by atoms with Gasteiger partial charge in [0.25, 0.3) is 5.91 Å². The molecular weight excluding hydrogens is 534 g/mol. The van der Waals surface area contributed by atoms with E-state index in [0.717, 1.165) is 50.3 Å². The Bertz CT molecular complexity index is 1360. The fraction of sp³-hybridized carbons (Fsp3) is 0.533.